The summed E-state index contributed by atoms with van der Waals surface area (Å²) in [5.41, 5.74) is 3.94. The van der Waals surface area contributed by atoms with Crippen molar-refractivity contribution in [3.8, 4) is 28.1 Å². The molecule has 0 radical (unpaired) electrons. The van der Waals surface area contributed by atoms with E-state index in [0.717, 1.165) is 41.1 Å². The van der Waals surface area contributed by atoms with Gasteiger partial charge in [-0.2, -0.15) is 0 Å². The molecule has 2 aromatic carbocycles. The summed E-state index contributed by atoms with van der Waals surface area (Å²) in [6, 6.07) is 14.4. The van der Waals surface area contributed by atoms with Gasteiger partial charge in [0.05, 0.1) is 25.0 Å². The molecule has 2 atom stereocenters. The van der Waals surface area contributed by atoms with E-state index in [4.69, 9.17) is 4.74 Å². The molecule has 1 aliphatic heterocycles. The lowest BCUT2D eigenvalue weighted by atomic mass is 10.0. The summed E-state index contributed by atoms with van der Waals surface area (Å²) in [6.07, 6.45) is 2.86. The first-order chi connectivity index (χ1) is 16.4. The molecule has 0 aliphatic carbocycles. The van der Waals surface area contributed by atoms with E-state index in [0.29, 0.717) is 6.54 Å². The number of carbonyl (C=O) groups is 2. The quantitative estimate of drug-likeness (QED) is 0.500. The SMILES string of the molecule is COC(=O)N[C@H](C(=O)N1CCC[C@@H]1c1ncc(-c2ccc(-c3ccc(O)cc3)cc2)[nH]1)C(C)C. The van der Waals surface area contributed by atoms with Gasteiger partial charge in [0.2, 0.25) is 5.91 Å². The zero-order valence-corrected chi connectivity index (χ0v) is 19.6. The van der Waals surface area contributed by atoms with Gasteiger partial charge in [-0.1, -0.05) is 50.2 Å². The standard InChI is InChI=1S/C26H30N4O4/c1-16(2)23(29-26(33)34-3)25(32)30-14-4-5-22(30)24-27-15-21(28-24)19-8-6-17(7-9-19)18-10-12-20(31)13-11-18/h6-13,15-16,22-23,31H,4-5,14H2,1-3H3,(H,27,28)(H,29,33)/t22-,23+/m1/s1. The summed E-state index contributed by atoms with van der Waals surface area (Å²) in [7, 11) is 1.29. The van der Waals surface area contributed by atoms with Crippen LogP contribution in [0.15, 0.2) is 54.7 Å². The highest BCUT2D eigenvalue weighted by Crippen LogP contribution is 2.33. The Labute approximate surface area is 199 Å². The van der Waals surface area contributed by atoms with E-state index in [1.165, 1.54) is 7.11 Å². The number of carbonyl (C=O) groups excluding carboxylic acids is 2. The van der Waals surface area contributed by atoms with Crippen molar-refractivity contribution in [2.24, 2.45) is 5.92 Å². The molecule has 1 aliphatic rings. The Bertz CT molecular complexity index is 1140. The maximum atomic E-state index is 13.3. The molecule has 3 N–H and O–H groups in total. The van der Waals surface area contributed by atoms with Crippen molar-refractivity contribution in [2.75, 3.05) is 13.7 Å². The highest BCUT2D eigenvalue weighted by molar-refractivity contribution is 5.86. The Morgan fingerprint density at radius 3 is 2.32 bits per heavy atom. The molecular weight excluding hydrogens is 432 g/mol. The Hall–Kier alpha value is -3.81. The van der Waals surface area contributed by atoms with Crippen molar-refractivity contribution in [1.29, 1.82) is 0 Å². The molecule has 1 fully saturated rings. The van der Waals surface area contributed by atoms with Crippen molar-refractivity contribution < 1.29 is 19.4 Å². The fourth-order valence-corrected chi connectivity index (χ4v) is 4.34. The predicted octanol–water partition coefficient (Wildman–Crippen LogP) is 4.49. The molecule has 0 saturated carbocycles. The maximum absolute atomic E-state index is 13.3. The van der Waals surface area contributed by atoms with Gasteiger partial charge in [0.1, 0.15) is 17.6 Å². The minimum absolute atomic E-state index is 0.0768. The third kappa shape index (κ3) is 4.90. The van der Waals surface area contributed by atoms with Crippen LogP contribution in [0.3, 0.4) is 0 Å². The van der Waals surface area contributed by atoms with Gasteiger partial charge in [0.15, 0.2) is 0 Å². The number of aromatic nitrogens is 2. The van der Waals surface area contributed by atoms with Crippen molar-refractivity contribution in [3.63, 3.8) is 0 Å². The molecule has 0 bridgehead atoms. The second kappa shape index (κ2) is 9.99. The maximum Gasteiger partial charge on any atom is 0.407 e. The van der Waals surface area contributed by atoms with Crippen LogP contribution in [0.1, 0.15) is 38.6 Å². The zero-order valence-electron chi connectivity index (χ0n) is 19.6. The summed E-state index contributed by atoms with van der Waals surface area (Å²) in [6.45, 7) is 4.42. The molecule has 4 rings (SSSR count). The molecule has 1 saturated heterocycles. The van der Waals surface area contributed by atoms with E-state index in [2.05, 4.69) is 15.3 Å². The molecular formula is C26H30N4O4. The van der Waals surface area contributed by atoms with Gasteiger partial charge in [-0.3, -0.25) is 4.79 Å². The van der Waals surface area contributed by atoms with Crippen LogP contribution in [0, 0.1) is 5.92 Å². The van der Waals surface area contributed by atoms with Gasteiger partial charge in [-0.05, 0) is 47.6 Å². The second-order valence-corrected chi connectivity index (χ2v) is 8.85. The highest BCUT2D eigenvalue weighted by Gasteiger charge is 2.37. The number of aromatic hydroxyl groups is 1. The van der Waals surface area contributed by atoms with E-state index < -0.39 is 12.1 Å². The Morgan fingerprint density at radius 1 is 1.09 bits per heavy atom. The van der Waals surface area contributed by atoms with Gasteiger partial charge in [0, 0.05) is 6.54 Å². The molecule has 0 unspecified atom stereocenters. The van der Waals surface area contributed by atoms with Crippen LogP contribution in [0.2, 0.25) is 0 Å². The number of benzene rings is 2. The van der Waals surface area contributed by atoms with Crippen LogP contribution in [0.25, 0.3) is 22.4 Å². The topological polar surface area (TPSA) is 108 Å². The van der Waals surface area contributed by atoms with Gasteiger partial charge in [0.25, 0.3) is 0 Å². The molecule has 34 heavy (non-hydrogen) atoms. The average molecular weight is 463 g/mol. The van der Waals surface area contributed by atoms with E-state index in [9.17, 15) is 14.7 Å². The minimum atomic E-state index is -0.657. The normalized spacial score (nSPS) is 16.5. The van der Waals surface area contributed by atoms with Crippen molar-refractivity contribution in [3.05, 3.63) is 60.6 Å². The number of hydrogen-bond acceptors (Lipinski definition) is 5. The van der Waals surface area contributed by atoms with Gasteiger partial charge in [-0.25, -0.2) is 9.78 Å². The van der Waals surface area contributed by atoms with E-state index in [1.54, 1.807) is 23.2 Å². The summed E-state index contributed by atoms with van der Waals surface area (Å²) in [4.78, 5) is 34.8. The van der Waals surface area contributed by atoms with Gasteiger partial charge < -0.3 is 25.0 Å². The number of nitrogens with zero attached hydrogens (tertiary/aromatic N) is 2. The van der Waals surface area contributed by atoms with Crippen LogP contribution < -0.4 is 5.32 Å². The van der Waals surface area contributed by atoms with Crippen molar-refractivity contribution >= 4 is 12.0 Å². The molecule has 8 nitrogen and oxygen atoms in total. The molecule has 178 valence electrons. The fraction of sp³-hybridized carbons (Fsp3) is 0.346. The fourth-order valence-electron chi connectivity index (χ4n) is 4.34. The summed E-state index contributed by atoms with van der Waals surface area (Å²) in [5.74, 6) is 0.779. The Balaban J connectivity index is 1.51. The first-order valence-electron chi connectivity index (χ1n) is 11.5. The van der Waals surface area contributed by atoms with Gasteiger partial charge >= 0.3 is 6.09 Å². The number of imidazole rings is 1. The molecule has 0 spiro atoms. The number of H-pyrrole nitrogens is 1. The van der Waals surface area contributed by atoms with E-state index in [1.807, 2.05) is 50.2 Å². The number of likely N-dealkylation sites (tertiary alicyclic amines) is 1. The molecule has 2 heterocycles. The molecule has 2 amide bonds. The number of rotatable bonds is 6. The van der Waals surface area contributed by atoms with Crippen LogP contribution in [0.4, 0.5) is 4.79 Å². The number of phenols is 1. The smallest absolute Gasteiger partial charge is 0.407 e. The van der Waals surface area contributed by atoms with Crippen LogP contribution in [-0.2, 0) is 9.53 Å². The number of methoxy groups -OCH3 is 1. The van der Waals surface area contributed by atoms with E-state index in [-0.39, 0.29) is 23.6 Å². The third-order valence-corrected chi connectivity index (χ3v) is 6.23. The number of phenolic OH excluding ortho intramolecular Hbond substituents is 1. The molecule has 8 heteroatoms. The predicted molar refractivity (Wildman–Crippen MR) is 129 cm³/mol. The molecule has 1 aromatic heterocycles. The lowest BCUT2D eigenvalue weighted by Crippen LogP contribution is -2.51. The lowest BCUT2D eigenvalue weighted by molar-refractivity contribution is -0.135. The number of alkyl carbamates (subject to hydrolysis) is 1. The van der Waals surface area contributed by atoms with Crippen LogP contribution >= 0.6 is 0 Å². The molecule has 3 aromatic rings. The Morgan fingerprint density at radius 2 is 1.71 bits per heavy atom. The first kappa shape index (κ1) is 23.4. The average Bonchev–Trinajstić information content (AvgIpc) is 3.52. The lowest BCUT2D eigenvalue weighted by Gasteiger charge is -2.30. The Kier molecular flexibility index (Phi) is 6.86. The number of nitrogens with one attached hydrogen (secondary N) is 2. The largest absolute Gasteiger partial charge is 0.508 e. The number of aromatic amines is 1. The summed E-state index contributed by atoms with van der Waals surface area (Å²) in [5, 5.41) is 12.2. The van der Waals surface area contributed by atoms with E-state index >= 15 is 0 Å². The number of hydrogen-bond donors (Lipinski definition) is 3. The number of amides is 2. The van der Waals surface area contributed by atoms with Crippen LogP contribution in [0.5, 0.6) is 5.75 Å². The monoisotopic (exact) mass is 462 g/mol. The minimum Gasteiger partial charge on any atom is -0.508 e. The number of ether oxygens (including phenoxy) is 1. The van der Waals surface area contributed by atoms with Crippen molar-refractivity contribution in [1.82, 2.24) is 20.2 Å². The zero-order chi connectivity index (χ0) is 24.2. The van der Waals surface area contributed by atoms with Gasteiger partial charge in [-0.15, -0.1) is 0 Å². The van der Waals surface area contributed by atoms with Crippen molar-refractivity contribution in [2.45, 2.75) is 38.8 Å². The van der Waals surface area contributed by atoms with Crippen LogP contribution in [-0.4, -0.2) is 51.7 Å². The summed E-state index contributed by atoms with van der Waals surface area (Å²) < 4.78 is 4.70. The first-order valence-corrected chi connectivity index (χ1v) is 11.5. The highest BCUT2D eigenvalue weighted by atomic mass is 16.5. The second-order valence-electron chi connectivity index (χ2n) is 8.85. The third-order valence-electron chi connectivity index (χ3n) is 6.23. The summed E-state index contributed by atoms with van der Waals surface area (Å²) >= 11 is 0.